The van der Waals surface area contributed by atoms with Crippen LogP contribution in [0.3, 0.4) is 0 Å². The minimum Gasteiger partial charge on any atom is -0.473 e. The molecule has 0 aromatic carbocycles. The van der Waals surface area contributed by atoms with Gasteiger partial charge in [0, 0.05) is 27.2 Å². The normalized spacial score (nSPS) is 14.9. The average Bonchev–Trinajstić information content (AvgIpc) is 2.42. The van der Waals surface area contributed by atoms with Crippen LogP contribution in [-0.2, 0) is 9.59 Å². The van der Waals surface area contributed by atoms with E-state index in [4.69, 9.17) is 19.8 Å². The van der Waals surface area contributed by atoms with Crippen molar-refractivity contribution < 1.29 is 19.8 Å². The van der Waals surface area contributed by atoms with Gasteiger partial charge in [0.2, 0.25) is 0 Å². The predicted octanol–water partition coefficient (Wildman–Crippen LogP) is 1.16. The Kier molecular flexibility index (Phi) is 9.12. The van der Waals surface area contributed by atoms with Crippen molar-refractivity contribution in [2.24, 2.45) is 0 Å². The largest absolute Gasteiger partial charge is 0.473 e. The molecule has 110 valence electrons. The highest BCUT2D eigenvalue weighted by Crippen LogP contribution is 1.92. The lowest BCUT2D eigenvalue weighted by Crippen LogP contribution is -2.11. The van der Waals surface area contributed by atoms with Gasteiger partial charge in [-0.1, -0.05) is 24.3 Å². The Hall–Kier alpha value is -2.50. The molecule has 0 fully saturated rings. The molecule has 0 saturated heterocycles. The maximum Gasteiger partial charge on any atom is 0.414 e. The Morgan fingerprint density at radius 1 is 0.800 bits per heavy atom. The van der Waals surface area contributed by atoms with Gasteiger partial charge in [-0.2, -0.15) is 0 Å². The molecule has 0 saturated carbocycles. The van der Waals surface area contributed by atoms with E-state index in [2.05, 4.69) is 60.6 Å². The van der Waals surface area contributed by atoms with Crippen molar-refractivity contribution >= 4 is 11.9 Å². The van der Waals surface area contributed by atoms with Crippen molar-refractivity contribution in [2.45, 2.75) is 0 Å². The van der Waals surface area contributed by atoms with E-state index in [-0.39, 0.29) is 0 Å². The second kappa shape index (κ2) is 10.4. The Morgan fingerprint density at radius 3 is 1.25 bits per heavy atom. The van der Waals surface area contributed by atoms with Crippen molar-refractivity contribution in [1.29, 1.82) is 0 Å². The molecule has 0 atom stereocenters. The van der Waals surface area contributed by atoms with Gasteiger partial charge in [0.1, 0.15) is 0 Å². The number of hydrogen-bond acceptors (Lipinski definition) is 4. The summed E-state index contributed by atoms with van der Waals surface area (Å²) in [4.78, 5) is 22.4. The molecule has 2 heterocycles. The summed E-state index contributed by atoms with van der Waals surface area (Å²) in [6.07, 6.45) is 16.5. The van der Waals surface area contributed by atoms with Gasteiger partial charge in [-0.15, -0.1) is 0 Å². The monoisotopic (exact) mass is 280 g/mol. The smallest absolute Gasteiger partial charge is 0.414 e. The van der Waals surface area contributed by atoms with Gasteiger partial charge in [0.15, 0.2) is 0 Å². The lowest BCUT2D eigenvalue weighted by Gasteiger charge is -2.11. The quantitative estimate of drug-likeness (QED) is 0.648. The van der Waals surface area contributed by atoms with Gasteiger partial charge in [-0.25, -0.2) is 9.59 Å². The fourth-order valence-corrected chi connectivity index (χ4v) is 1.13. The van der Waals surface area contributed by atoms with Crippen LogP contribution in [-0.4, -0.2) is 59.1 Å². The molecule has 2 rings (SSSR count). The molecular formula is C14H20N2O4. The van der Waals surface area contributed by atoms with E-state index in [1.807, 2.05) is 12.2 Å². The topological polar surface area (TPSA) is 81.1 Å². The summed E-state index contributed by atoms with van der Waals surface area (Å²) >= 11 is 0. The van der Waals surface area contributed by atoms with Crippen LogP contribution in [0.4, 0.5) is 0 Å². The maximum atomic E-state index is 9.10. The highest BCUT2D eigenvalue weighted by atomic mass is 16.4. The Balaban J connectivity index is 0.000000272. The fraction of sp³-hybridized carbons (Fsp3) is 0.286. The van der Waals surface area contributed by atoms with Gasteiger partial charge in [0.25, 0.3) is 0 Å². The van der Waals surface area contributed by atoms with Gasteiger partial charge < -0.3 is 20.0 Å². The first-order chi connectivity index (χ1) is 9.43. The molecular weight excluding hydrogens is 260 g/mol. The zero-order valence-electron chi connectivity index (χ0n) is 11.6. The molecule has 6 heteroatoms. The number of nitrogens with zero attached hydrogens (tertiary/aromatic N) is 2. The van der Waals surface area contributed by atoms with Gasteiger partial charge in [0.05, 0.1) is 0 Å². The number of aliphatic carboxylic acids is 2. The first-order valence-electron chi connectivity index (χ1n) is 5.97. The molecule has 0 aromatic heterocycles. The molecule has 2 aliphatic rings. The molecule has 0 aromatic rings. The van der Waals surface area contributed by atoms with Crippen LogP contribution < -0.4 is 0 Å². The van der Waals surface area contributed by atoms with Crippen LogP contribution in [0.15, 0.2) is 48.9 Å². The standard InChI is InChI=1S/2C6H9N.C2H2O4/c2*1-7-5-3-2-4-6-7;3-1(4)2(5)6/h2*2-5H,6H2,1H3;(H,3,4)(H,5,6). The number of likely N-dealkylation sites (N-methyl/N-ethyl adjacent to an activating group) is 2. The zero-order valence-corrected chi connectivity index (χ0v) is 11.6. The van der Waals surface area contributed by atoms with Crippen LogP contribution in [0.25, 0.3) is 0 Å². The summed E-state index contributed by atoms with van der Waals surface area (Å²) in [5.74, 6) is -3.65. The van der Waals surface area contributed by atoms with Crippen LogP contribution in [0.5, 0.6) is 0 Å². The van der Waals surface area contributed by atoms with Gasteiger partial charge in [-0.3, -0.25) is 0 Å². The number of carbonyl (C=O) groups is 2. The maximum absolute atomic E-state index is 9.10. The molecule has 0 spiro atoms. The molecule has 0 radical (unpaired) electrons. The summed E-state index contributed by atoms with van der Waals surface area (Å²) in [6, 6.07) is 0. The van der Waals surface area contributed by atoms with Crippen molar-refractivity contribution in [2.75, 3.05) is 27.2 Å². The van der Waals surface area contributed by atoms with Crippen LogP contribution in [0, 0.1) is 0 Å². The van der Waals surface area contributed by atoms with Crippen molar-refractivity contribution in [3.05, 3.63) is 48.9 Å². The zero-order chi connectivity index (χ0) is 15.4. The second-order valence-electron chi connectivity index (χ2n) is 4.03. The molecule has 0 bridgehead atoms. The molecule has 0 aliphatic carbocycles. The molecule has 6 nitrogen and oxygen atoms in total. The highest BCUT2D eigenvalue weighted by Gasteiger charge is 2.04. The van der Waals surface area contributed by atoms with E-state index in [1.54, 1.807) is 0 Å². The van der Waals surface area contributed by atoms with E-state index in [0.717, 1.165) is 13.1 Å². The second-order valence-corrected chi connectivity index (χ2v) is 4.03. The summed E-state index contributed by atoms with van der Waals surface area (Å²) in [5.41, 5.74) is 0. The van der Waals surface area contributed by atoms with E-state index in [0.29, 0.717) is 0 Å². The first-order valence-corrected chi connectivity index (χ1v) is 5.97. The lowest BCUT2D eigenvalue weighted by molar-refractivity contribution is -0.159. The fourth-order valence-electron chi connectivity index (χ4n) is 1.13. The van der Waals surface area contributed by atoms with E-state index < -0.39 is 11.9 Å². The predicted molar refractivity (Wildman–Crippen MR) is 77.1 cm³/mol. The van der Waals surface area contributed by atoms with Gasteiger partial charge in [-0.05, 0) is 24.6 Å². The third-order valence-corrected chi connectivity index (χ3v) is 2.15. The molecule has 2 N–H and O–H groups in total. The minimum absolute atomic E-state index is 1.05. The molecule has 2 aliphatic heterocycles. The summed E-state index contributed by atoms with van der Waals surface area (Å²) in [6.45, 7) is 2.10. The van der Waals surface area contributed by atoms with E-state index >= 15 is 0 Å². The number of carboxylic acid groups (broad SMARTS) is 2. The van der Waals surface area contributed by atoms with Crippen LogP contribution in [0.1, 0.15) is 0 Å². The highest BCUT2D eigenvalue weighted by molar-refractivity contribution is 6.27. The Bertz CT molecular complexity index is 385. The third kappa shape index (κ3) is 10.6. The third-order valence-electron chi connectivity index (χ3n) is 2.15. The number of hydrogen-bond donors (Lipinski definition) is 2. The van der Waals surface area contributed by atoms with Crippen LogP contribution in [0.2, 0.25) is 0 Å². The van der Waals surface area contributed by atoms with Crippen LogP contribution >= 0.6 is 0 Å². The Labute approximate surface area is 118 Å². The lowest BCUT2D eigenvalue weighted by atomic mass is 10.4. The summed E-state index contributed by atoms with van der Waals surface area (Å²) in [5, 5.41) is 14.8. The van der Waals surface area contributed by atoms with Gasteiger partial charge >= 0.3 is 11.9 Å². The summed E-state index contributed by atoms with van der Waals surface area (Å²) < 4.78 is 0. The average molecular weight is 280 g/mol. The number of allylic oxidation sites excluding steroid dienone is 4. The summed E-state index contributed by atoms with van der Waals surface area (Å²) in [7, 11) is 4.11. The SMILES string of the molecule is CN1C=CC=CC1.CN1C=CC=CC1.O=C(O)C(=O)O. The molecule has 20 heavy (non-hydrogen) atoms. The minimum atomic E-state index is -1.82. The van der Waals surface area contributed by atoms with E-state index in [1.165, 1.54) is 0 Å². The van der Waals surface area contributed by atoms with E-state index in [9.17, 15) is 0 Å². The van der Waals surface area contributed by atoms with Crippen molar-refractivity contribution in [1.82, 2.24) is 9.80 Å². The Morgan fingerprint density at radius 2 is 1.15 bits per heavy atom. The number of rotatable bonds is 0. The van der Waals surface area contributed by atoms with Crippen molar-refractivity contribution in [3.8, 4) is 0 Å². The number of carboxylic acids is 2. The van der Waals surface area contributed by atoms with Crippen molar-refractivity contribution in [3.63, 3.8) is 0 Å². The molecule has 0 unspecified atom stereocenters. The first kappa shape index (κ1) is 17.5. The molecule has 0 amide bonds.